The van der Waals surface area contributed by atoms with Crippen molar-refractivity contribution in [2.75, 3.05) is 31.1 Å². The smallest absolute Gasteiger partial charge is 0.253 e. The molecule has 0 radical (unpaired) electrons. The van der Waals surface area contributed by atoms with Crippen LogP contribution in [0.25, 0.3) is 0 Å². The van der Waals surface area contributed by atoms with Crippen LogP contribution in [-0.4, -0.2) is 53.1 Å². The molecule has 5 rings (SSSR count). The normalized spacial score (nSPS) is 21.9. The number of aromatic nitrogens is 2. The maximum absolute atomic E-state index is 13.1. The van der Waals surface area contributed by atoms with Crippen molar-refractivity contribution in [2.45, 2.75) is 45.3 Å². The number of anilines is 1. The fourth-order valence-electron chi connectivity index (χ4n) is 4.43. The first-order valence-electron chi connectivity index (χ1n) is 9.76. The number of aryl methyl sites for hydroxylation is 2. The van der Waals surface area contributed by atoms with E-state index >= 15 is 0 Å². The molecule has 1 fully saturated rings. The van der Waals surface area contributed by atoms with Gasteiger partial charge in [-0.15, -0.1) is 11.3 Å². The molecule has 0 bridgehead atoms. The van der Waals surface area contributed by atoms with Crippen LogP contribution in [0.5, 0.6) is 0 Å². The molecule has 7 heteroatoms. The number of morpholine rings is 1. The summed E-state index contributed by atoms with van der Waals surface area (Å²) in [5, 5.41) is 2.12. The van der Waals surface area contributed by atoms with E-state index in [0.29, 0.717) is 19.7 Å². The number of rotatable bonds is 2. The lowest BCUT2D eigenvalue weighted by Crippen LogP contribution is -2.52. The first kappa shape index (κ1) is 17.1. The van der Waals surface area contributed by atoms with E-state index in [9.17, 15) is 4.79 Å². The first-order chi connectivity index (χ1) is 13.2. The van der Waals surface area contributed by atoms with Gasteiger partial charge in [0, 0.05) is 35.8 Å². The Hall–Kier alpha value is -1.99. The summed E-state index contributed by atoms with van der Waals surface area (Å²) >= 11 is 1.79. The quantitative estimate of drug-likeness (QED) is 0.794. The average molecular weight is 385 g/mol. The number of carbonyl (C=O) groups excluding carboxylic acids is 1. The number of amides is 1. The molecule has 6 nitrogen and oxygen atoms in total. The van der Waals surface area contributed by atoms with Crippen molar-refractivity contribution >= 4 is 23.1 Å². The lowest BCUT2D eigenvalue weighted by molar-refractivity contribution is -0.145. The largest absolute Gasteiger partial charge is 0.365 e. The fraction of sp³-hybridized carbons (Fsp3) is 0.550. The van der Waals surface area contributed by atoms with Crippen LogP contribution in [0.2, 0.25) is 0 Å². The van der Waals surface area contributed by atoms with E-state index in [1.165, 1.54) is 21.7 Å². The number of ether oxygens (including phenoxy) is 1. The second-order valence-electron chi connectivity index (χ2n) is 7.56. The van der Waals surface area contributed by atoms with Crippen molar-refractivity contribution in [1.82, 2.24) is 14.9 Å². The van der Waals surface area contributed by atoms with Gasteiger partial charge in [0.2, 0.25) is 0 Å². The van der Waals surface area contributed by atoms with Crippen LogP contribution in [0.4, 0.5) is 5.82 Å². The van der Waals surface area contributed by atoms with Crippen LogP contribution < -0.4 is 4.90 Å². The summed E-state index contributed by atoms with van der Waals surface area (Å²) in [6.07, 6.45) is 3.76. The second-order valence-corrected chi connectivity index (χ2v) is 8.56. The van der Waals surface area contributed by atoms with Gasteiger partial charge in [-0.25, -0.2) is 9.97 Å². The Balaban J connectivity index is 1.34. The lowest BCUT2D eigenvalue weighted by Gasteiger charge is -2.37. The Morgan fingerprint density at radius 1 is 1.26 bits per heavy atom. The standard InChI is InChI=1S/C20H24N4O2S/c1-13-21-16-4-2-3-15(16)19(22-13)23-8-9-26-17(12-23)20(25)24-7-5-18-14(11-24)6-10-27-18/h6,10,17H,2-5,7-9,11-12H2,1H3. The third-order valence-corrected chi connectivity index (χ3v) is 6.81. The molecule has 27 heavy (non-hydrogen) atoms. The van der Waals surface area contributed by atoms with Gasteiger partial charge in [-0.3, -0.25) is 4.79 Å². The lowest BCUT2D eigenvalue weighted by atomic mass is 10.1. The van der Waals surface area contributed by atoms with Gasteiger partial charge in [-0.2, -0.15) is 0 Å². The summed E-state index contributed by atoms with van der Waals surface area (Å²) in [5.74, 6) is 1.95. The van der Waals surface area contributed by atoms with Crippen molar-refractivity contribution in [1.29, 1.82) is 0 Å². The summed E-state index contributed by atoms with van der Waals surface area (Å²) in [6.45, 7) is 5.37. The fourth-order valence-corrected chi connectivity index (χ4v) is 5.32. The molecular formula is C20H24N4O2S. The number of thiophene rings is 1. The molecular weight excluding hydrogens is 360 g/mol. The number of carbonyl (C=O) groups is 1. The van der Waals surface area contributed by atoms with E-state index in [0.717, 1.165) is 50.4 Å². The summed E-state index contributed by atoms with van der Waals surface area (Å²) in [7, 11) is 0. The number of fused-ring (bicyclic) bond motifs is 2. The van der Waals surface area contributed by atoms with E-state index in [4.69, 9.17) is 9.72 Å². The molecule has 3 aliphatic rings. The highest BCUT2D eigenvalue weighted by molar-refractivity contribution is 7.10. The van der Waals surface area contributed by atoms with Gasteiger partial charge in [-0.1, -0.05) is 0 Å². The molecule has 0 spiro atoms. The first-order valence-corrected chi connectivity index (χ1v) is 10.6. The van der Waals surface area contributed by atoms with Crippen LogP contribution >= 0.6 is 11.3 Å². The highest BCUT2D eigenvalue weighted by Gasteiger charge is 2.34. The molecule has 1 saturated heterocycles. The van der Waals surface area contributed by atoms with Crippen LogP contribution in [0.1, 0.15) is 33.9 Å². The summed E-state index contributed by atoms with van der Waals surface area (Å²) in [5.41, 5.74) is 3.75. The molecule has 1 amide bonds. The molecule has 1 unspecified atom stereocenters. The number of hydrogen-bond acceptors (Lipinski definition) is 6. The average Bonchev–Trinajstić information content (AvgIpc) is 3.35. The molecule has 1 atom stereocenters. The number of nitrogens with zero attached hydrogens (tertiary/aromatic N) is 4. The van der Waals surface area contributed by atoms with Gasteiger partial charge in [0.1, 0.15) is 11.6 Å². The monoisotopic (exact) mass is 384 g/mol. The minimum absolute atomic E-state index is 0.110. The van der Waals surface area contributed by atoms with Gasteiger partial charge in [0.05, 0.1) is 13.2 Å². The maximum Gasteiger partial charge on any atom is 0.253 e. The predicted octanol–water partition coefficient (Wildman–Crippen LogP) is 2.13. The minimum atomic E-state index is -0.411. The Morgan fingerprint density at radius 3 is 3.11 bits per heavy atom. The van der Waals surface area contributed by atoms with Gasteiger partial charge >= 0.3 is 0 Å². The number of hydrogen-bond donors (Lipinski definition) is 0. The third-order valence-electron chi connectivity index (χ3n) is 5.78. The third kappa shape index (κ3) is 3.12. The second kappa shape index (κ2) is 6.87. The van der Waals surface area contributed by atoms with E-state index in [-0.39, 0.29) is 5.91 Å². The molecule has 2 aromatic heterocycles. The van der Waals surface area contributed by atoms with E-state index in [2.05, 4.69) is 21.3 Å². The SMILES string of the molecule is Cc1nc2c(c(N3CCOC(C(=O)N4CCc5sccc5C4)C3)n1)CCC2. The zero-order valence-corrected chi connectivity index (χ0v) is 16.4. The molecule has 2 aromatic rings. The Kier molecular flexibility index (Phi) is 4.36. The highest BCUT2D eigenvalue weighted by atomic mass is 32.1. The molecule has 2 aliphatic heterocycles. The van der Waals surface area contributed by atoms with Crippen molar-refractivity contribution in [3.05, 3.63) is 39.0 Å². The molecule has 4 heterocycles. The Morgan fingerprint density at radius 2 is 2.19 bits per heavy atom. The van der Waals surface area contributed by atoms with Gasteiger partial charge < -0.3 is 14.5 Å². The topological polar surface area (TPSA) is 58.6 Å². The van der Waals surface area contributed by atoms with Crippen LogP contribution in [0.15, 0.2) is 11.4 Å². The zero-order chi connectivity index (χ0) is 18.4. The highest BCUT2D eigenvalue weighted by Crippen LogP contribution is 2.30. The Bertz CT molecular complexity index is 881. The zero-order valence-electron chi connectivity index (χ0n) is 15.6. The minimum Gasteiger partial charge on any atom is -0.365 e. The molecule has 0 saturated carbocycles. The molecule has 142 valence electrons. The van der Waals surface area contributed by atoms with E-state index < -0.39 is 6.10 Å². The molecule has 1 aliphatic carbocycles. The van der Waals surface area contributed by atoms with Crippen molar-refractivity contribution in [2.24, 2.45) is 0 Å². The van der Waals surface area contributed by atoms with Crippen molar-refractivity contribution in [3.63, 3.8) is 0 Å². The summed E-state index contributed by atoms with van der Waals surface area (Å²) in [6, 6.07) is 2.14. The van der Waals surface area contributed by atoms with Gasteiger partial charge in [0.15, 0.2) is 6.10 Å². The van der Waals surface area contributed by atoms with Crippen LogP contribution in [0, 0.1) is 6.92 Å². The molecule has 0 N–H and O–H groups in total. The van der Waals surface area contributed by atoms with Gasteiger partial charge in [-0.05, 0) is 49.6 Å². The summed E-state index contributed by atoms with van der Waals surface area (Å²) in [4.78, 5) is 28.1. The van der Waals surface area contributed by atoms with Gasteiger partial charge in [0.25, 0.3) is 5.91 Å². The Labute approximate surface area is 163 Å². The maximum atomic E-state index is 13.1. The predicted molar refractivity (Wildman–Crippen MR) is 104 cm³/mol. The van der Waals surface area contributed by atoms with Crippen molar-refractivity contribution in [3.8, 4) is 0 Å². The molecule has 0 aromatic carbocycles. The van der Waals surface area contributed by atoms with Crippen LogP contribution in [0.3, 0.4) is 0 Å². The van der Waals surface area contributed by atoms with E-state index in [1.807, 2.05) is 11.8 Å². The van der Waals surface area contributed by atoms with Crippen molar-refractivity contribution < 1.29 is 9.53 Å². The summed E-state index contributed by atoms with van der Waals surface area (Å²) < 4.78 is 5.89. The van der Waals surface area contributed by atoms with E-state index in [1.54, 1.807) is 11.3 Å². The van der Waals surface area contributed by atoms with Crippen LogP contribution in [-0.2, 0) is 35.3 Å².